The molecule has 1 aliphatic carbocycles. The van der Waals surface area contributed by atoms with Crippen molar-refractivity contribution in [2.75, 3.05) is 11.1 Å². The summed E-state index contributed by atoms with van der Waals surface area (Å²) in [6.45, 7) is 0. The summed E-state index contributed by atoms with van der Waals surface area (Å²) in [6.07, 6.45) is 1.59. The first-order valence-corrected chi connectivity index (χ1v) is 8.75. The highest BCUT2D eigenvalue weighted by molar-refractivity contribution is 5.94. The Balaban J connectivity index is 0.00000225. The van der Waals surface area contributed by atoms with Crippen LogP contribution in [-0.4, -0.2) is 16.9 Å². The fraction of sp³-hybridized carbons (Fsp3) is 0.143. The molecule has 2 aromatic carbocycles. The molecule has 4 N–H and O–H groups in total. The Labute approximate surface area is 168 Å². The van der Waals surface area contributed by atoms with Gasteiger partial charge in [0.25, 0.3) is 5.91 Å². The molecule has 0 aliphatic heterocycles. The summed E-state index contributed by atoms with van der Waals surface area (Å²) in [5.41, 5.74) is 9.27. The lowest BCUT2D eigenvalue weighted by atomic mass is 10.1. The van der Waals surface area contributed by atoms with E-state index < -0.39 is 5.82 Å². The van der Waals surface area contributed by atoms with Crippen LogP contribution >= 0.6 is 12.4 Å². The lowest BCUT2D eigenvalue weighted by Gasteiger charge is -2.13. The fourth-order valence-corrected chi connectivity index (χ4v) is 3.35. The van der Waals surface area contributed by atoms with Gasteiger partial charge in [0.05, 0.1) is 5.69 Å². The highest BCUT2D eigenvalue weighted by atomic mass is 35.5. The molecular weight excluding hydrogens is 379 g/mol. The Bertz CT molecular complexity index is 986. The first kappa shape index (κ1) is 19.6. The van der Waals surface area contributed by atoms with Gasteiger partial charge in [-0.2, -0.15) is 0 Å². The summed E-state index contributed by atoms with van der Waals surface area (Å²) in [6, 6.07) is 17.5. The summed E-state index contributed by atoms with van der Waals surface area (Å²) < 4.78 is 13.8. The van der Waals surface area contributed by atoms with E-state index in [1.165, 1.54) is 23.3 Å². The van der Waals surface area contributed by atoms with Crippen LogP contribution in [0.1, 0.15) is 21.6 Å². The van der Waals surface area contributed by atoms with Crippen LogP contribution in [0.3, 0.4) is 0 Å². The number of hydrogen-bond acceptors (Lipinski definition) is 4. The third kappa shape index (κ3) is 4.23. The fourth-order valence-electron chi connectivity index (χ4n) is 3.35. The van der Waals surface area contributed by atoms with Gasteiger partial charge in [0.2, 0.25) is 0 Å². The predicted octanol–water partition coefficient (Wildman–Crippen LogP) is 3.87. The Kier molecular flexibility index (Phi) is 5.80. The molecule has 0 atom stereocenters. The summed E-state index contributed by atoms with van der Waals surface area (Å²) in [5.74, 6) is -0.381. The third-order valence-corrected chi connectivity index (χ3v) is 4.60. The molecule has 0 bridgehead atoms. The Morgan fingerprint density at radius 3 is 2.36 bits per heavy atom. The molecule has 4 rings (SSSR count). The van der Waals surface area contributed by atoms with E-state index in [9.17, 15) is 9.18 Å². The normalized spacial score (nSPS) is 12.8. The van der Waals surface area contributed by atoms with Crippen molar-refractivity contribution in [1.29, 1.82) is 0 Å². The number of aromatic nitrogens is 1. The second-order valence-corrected chi connectivity index (χ2v) is 6.62. The maximum Gasteiger partial charge on any atom is 0.270 e. The first-order valence-electron chi connectivity index (χ1n) is 8.75. The van der Waals surface area contributed by atoms with Crippen molar-refractivity contribution in [3.63, 3.8) is 0 Å². The topological polar surface area (TPSA) is 80.0 Å². The zero-order valence-electron chi connectivity index (χ0n) is 15.0. The number of hydrogen-bond donors (Lipinski definition) is 3. The molecule has 0 unspecified atom stereocenters. The number of halogens is 2. The van der Waals surface area contributed by atoms with Gasteiger partial charge in [-0.15, -0.1) is 12.4 Å². The highest BCUT2D eigenvalue weighted by Gasteiger charge is 2.23. The SMILES string of the molecule is Cl.Nc1cc(Nc2ccccc2F)nc(C(=O)NC2Cc3ccccc3C2)c1. The minimum atomic E-state index is -0.406. The monoisotopic (exact) mass is 398 g/mol. The molecule has 28 heavy (non-hydrogen) atoms. The number of anilines is 3. The van der Waals surface area contributed by atoms with Gasteiger partial charge < -0.3 is 16.4 Å². The van der Waals surface area contributed by atoms with Crippen LogP contribution in [0.5, 0.6) is 0 Å². The smallest absolute Gasteiger partial charge is 0.270 e. The van der Waals surface area contributed by atoms with Crippen LogP contribution < -0.4 is 16.4 Å². The van der Waals surface area contributed by atoms with Gasteiger partial charge in [-0.05, 0) is 42.2 Å². The van der Waals surface area contributed by atoms with Gasteiger partial charge in [-0.1, -0.05) is 36.4 Å². The Hall–Kier alpha value is -3.12. The summed E-state index contributed by atoms with van der Waals surface area (Å²) in [4.78, 5) is 16.9. The molecule has 3 aromatic rings. The second-order valence-electron chi connectivity index (χ2n) is 6.62. The standard InChI is InChI=1S/C21H19FN4O.ClH/c22-17-7-3-4-8-18(17)25-20-12-15(23)11-19(26-20)21(27)24-16-9-13-5-1-2-6-14(13)10-16;/h1-8,11-12,16H,9-10H2,(H,24,27)(H3,23,25,26);1H. The average molecular weight is 399 g/mol. The van der Waals surface area contributed by atoms with Crippen molar-refractivity contribution in [3.8, 4) is 0 Å². The summed E-state index contributed by atoms with van der Waals surface area (Å²) in [5, 5.41) is 5.88. The Morgan fingerprint density at radius 1 is 1.04 bits per heavy atom. The molecule has 0 fully saturated rings. The van der Waals surface area contributed by atoms with Crippen LogP contribution in [0.15, 0.2) is 60.7 Å². The average Bonchev–Trinajstić information content (AvgIpc) is 3.05. The van der Waals surface area contributed by atoms with Crippen LogP contribution in [0.2, 0.25) is 0 Å². The van der Waals surface area contributed by atoms with Crippen molar-refractivity contribution in [1.82, 2.24) is 10.3 Å². The molecule has 0 saturated carbocycles. The first-order chi connectivity index (χ1) is 13.1. The molecule has 1 amide bonds. The minimum absolute atomic E-state index is 0. The van der Waals surface area contributed by atoms with Gasteiger partial charge in [0, 0.05) is 17.8 Å². The number of para-hydroxylation sites is 1. The molecular formula is C21H20ClFN4O. The van der Waals surface area contributed by atoms with E-state index >= 15 is 0 Å². The van der Waals surface area contributed by atoms with Gasteiger partial charge in [-0.25, -0.2) is 9.37 Å². The molecule has 7 heteroatoms. The number of amides is 1. The van der Waals surface area contributed by atoms with Crippen LogP contribution in [0.25, 0.3) is 0 Å². The lowest BCUT2D eigenvalue weighted by molar-refractivity contribution is 0.0933. The minimum Gasteiger partial charge on any atom is -0.399 e. The summed E-state index contributed by atoms with van der Waals surface area (Å²) >= 11 is 0. The molecule has 0 saturated heterocycles. The van der Waals surface area contributed by atoms with Crippen molar-refractivity contribution in [2.45, 2.75) is 18.9 Å². The maximum atomic E-state index is 13.8. The number of nitrogens with one attached hydrogen (secondary N) is 2. The Morgan fingerprint density at radius 2 is 1.68 bits per heavy atom. The van der Waals surface area contributed by atoms with Crippen LogP contribution in [0, 0.1) is 5.82 Å². The number of nitrogen functional groups attached to an aromatic ring is 1. The largest absolute Gasteiger partial charge is 0.399 e. The van der Waals surface area contributed by atoms with Gasteiger partial charge >= 0.3 is 0 Å². The van der Waals surface area contributed by atoms with Crippen molar-refractivity contribution >= 4 is 35.5 Å². The van der Waals surface area contributed by atoms with E-state index in [2.05, 4.69) is 27.8 Å². The van der Waals surface area contributed by atoms with Crippen molar-refractivity contribution in [2.24, 2.45) is 0 Å². The molecule has 144 valence electrons. The molecule has 1 aliphatic rings. The predicted molar refractivity (Wildman–Crippen MR) is 111 cm³/mol. The van der Waals surface area contributed by atoms with Gasteiger partial charge in [-0.3, -0.25) is 4.79 Å². The van der Waals surface area contributed by atoms with E-state index in [0.717, 1.165) is 12.8 Å². The second kappa shape index (κ2) is 8.27. The number of nitrogens with two attached hydrogens (primary N) is 1. The number of rotatable bonds is 4. The van der Waals surface area contributed by atoms with E-state index in [4.69, 9.17) is 5.73 Å². The molecule has 5 nitrogen and oxygen atoms in total. The number of benzene rings is 2. The van der Waals surface area contributed by atoms with Gasteiger partial charge in [0.1, 0.15) is 17.3 Å². The lowest BCUT2D eigenvalue weighted by Crippen LogP contribution is -2.35. The quantitative estimate of drug-likeness (QED) is 0.623. The van der Waals surface area contributed by atoms with Crippen LogP contribution in [0.4, 0.5) is 21.6 Å². The molecule has 0 radical (unpaired) electrons. The van der Waals surface area contributed by atoms with E-state index in [0.29, 0.717) is 11.5 Å². The number of nitrogens with zero attached hydrogens (tertiary/aromatic N) is 1. The maximum absolute atomic E-state index is 13.8. The van der Waals surface area contributed by atoms with Crippen LogP contribution in [-0.2, 0) is 12.8 Å². The van der Waals surface area contributed by atoms with E-state index in [1.54, 1.807) is 24.3 Å². The number of carbonyl (C=O) groups is 1. The van der Waals surface area contributed by atoms with Crippen molar-refractivity contribution < 1.29 is 9.18 Å². The number of fused-ring (bicyclic) bond motifs is 1. The summed E-state index contributed by atoms with van der Waals surface area (Å²) in [7, 11) is 0. The zero-order chi connectivity index (χ0) is 18.8. The van der Waals surface area contributed by atoms with E-state index in [-0.39, 0.29) is 35.7 Å². The molecule has 0 spiro atoms. The number of carbonyl (C=O) groups excluding carboxylic acids is 1. The molecule has 1 aromatic heterocycles. The molecule has 1 heterocycles. The highest BCUT2D eigenvalue weighted by Crippen LogP contribution is 2.23. The number of pyridine rings is 1. The third-order valence-electron chi connectivity index (χ3n) is 4.60. The van der Waals surface area contributed by atoms with Crippen molar-refractivity contribution in [3.05, 3.63) is 83.3 Å². The van der Waals surface area contributed by atoms with Gasteiger partial charge in [0.15, 0.2) is 0 Å². The zero-order valence-corrected chi connectivity index (χ0v) is 15.8. The van der Waals surface area contributed by atoms with E-state index in [1.807, 2.05) is 12.1 Å².